The van der Waals surface area contributed by atoms with Crippen LogP contribution in [0.15, 0.2) is 48.5 Å². The van der Waals surface area contributed by atoms with Crippen molar-refractivity contribution >= 4 is 17.3 Å². The number of anilines is 2. The topological polar surface area (TPSA) is 61.4 Å². The summed E-state index contributed by atoms with van der Waals surface area (Å²) in [5.74, 6) is 0.123. The van der Waals surface area contributed by atoms with Crippen LogP contribution in [0.3, 0.4) is 0 Å². The van der Waals surface area contributed by atoms with Gasteiger partial charge in [0.2, 0.25) is 0 Å². The van der Waals surface area contributed by atoms with Gasteiger partial charge in [-0.05, 0) is 42.8 Å². The molecule has 4 heteroatoms. The highest BCUT2D eigenvalue weighted by molar-refractivity contribution is 6.00. The van der Waals surface area contributed by atoms with Gasteiger partial charge in [-0.2, -0.15) is 0 Å². The van der Waals surface area contributed by atoms with Gasteiger partial charge in [-0.15, -0.1) is 0 Å². The average Bonchev–Trinajstić information content (AvgIpc) is 2.48. The SMILES string of the molecule is CCCNC(=O)c1ccccc1Nc1ccc(O)cc1. The van der Waals surface area contributed by atoms with Gasteiger partial charge in [0.1, 0.15) is 5.75 Å². The van der Waals surface area contributed by atoms with Crippen LogP contribution in [0.4, 0.5) is 11.4 Å². The standard InChI is InChI=1S/C16H18N2O2/c1-2-11-17-16(20)14-5-3-4-6-15(14)18-12-7-9-13(19)10-8-12/h3-10,18-19H,2,11H2,1H3,(H,17,20). The number of carbonyl (C=O) groups is 1. The van der Waals surface area contributed by atoms with Crippen LogP contribution in [0.1, 0.15) is 23.7 Å². The van der Waals surface area contributed by atoms with Crippen molar-refractivity contribution in [3.8, 4) is 5.75 Å². The number of phenols is 1. The van der Waals surface area contributed by atoms with Crippen molar-refractivity contribution in [2.24, 2.45) is 0 Å². The Hall–Kier alpha value is -2.49. The second-order valence-electron chi connectivity index (χ2n) is 4.47. The lowest BCUT2D eigenvalue weighted by atomic mass is 10.1. The largest absolute Gasteiger partial charge is 0.508 e. The van der Waals surface area contributed by atoms with Gasteiger partial charge >= 0.3 is 0 Å². The molecule has 0 aromatic heterocycles. The minimum absolute atomic E-state index is 0.0891. The van der Waals surface area contributed by atoms with E-state index in [4.69, 9.17) is 0 Å². The zero-order valence-corrected chi connectivity index (χ0v) is 11.4. The van der Waals surface area contributed by atoms with Crippen molar-refractivity contribution in [3.05, 3.63) is 54.1 Å². The molecule has 0 saturated heterocycles. The molecule has 0 spiro atoms. The molecule has 0 fully saturated rings. The van der Waals surface area contributed by atoms with E-state index in [1.54, 1.807) is 30.3 Å². The molecule has 3 N–H and O–H groups in total. The van der Waals surface area contributed by atoms with Crippen LogP contribution < -0.4 is 10.6 Å². The zero-order chi connectivity index (χ0) is 14.4. The Morgan fingerprint density at radius 1 is 1.10 bits per heavy atom. The maximum absolute atomic E-state index is 12.1. The molecule has 0 aliphatic carbocycles. The van der Waals surface area contributed by atoms with Crippen LogP contribution >= 0.6 is 0 Å². The molecule has 1 amide bonds. The maximum atomic E-state index is 12.1. The Balaban J connectivity index is 2.19. The molecule has 0 atom stereocenters. The molecule has 0 radical (unpaired) electrons. The van der Waals surface area contributed by atoms with Gasteiger partial charge in [0.05, 0.1) is 11.3 Å². The summed E-state index contributed by atoms with van der Waals surface area (Å²) >= 11 is 0. The second-order valence-corrected chi connectivity index (χ2v) is 4.47. The summed E-state index contributed by atoms with van der Waals surface area (Å²) in [7, 11) is 0. The Morgan fingerprint density at radius 2 is 1.80 bits per heavy atom. The fourth-order valence-electron chi connectivity index (χ4n) is 1.82. The number of carbonyl (C=O) groups excluding carboxylic acids is 1. The number of aromatic hydroxyl groups is 1. The number of nitrogens with one attached hydrogen (secondary N) is 2. The van der Waals surface area contributed by atoms with Gasteiger partial charge in [0, 0.05) is 12.2 Å². The van der Waals surface area contributed by atoms with E-state index in [0.717, 1.165) is 17.8 Å². The molecular weight excluding hydrogens is 252 g/mol. The molecule has 104 valence electrons. The van der Waals surface area contributed by atoms with Crippen molar-refractivity contribution in [3.63, 3.8) is 0 Å². The van der Waals surface area contributed by atoms with Gasteiger partial charge in [0.25, 0.3) is 5.91 Å². The molecule has 0 saturated carbocycles. The van der Waals surface area contributed by atoms with E-state index in [1.807, 2.05) is 25.1 Å². The number of benzene rings is 2. The number of para-hydroxylation sites is 1. The van der Waals surface area contributed by atoms with Crippen LogP contribution in [0.5, 0.6) is 5.75 Å². The lowest BCUT2D eigenvalue weighted by Gasteiger charge is -2.12. The summed E-state index contributed by atoms with van der Waals surface area (Å²) in [4.78, 5) is 12.1. The molecule has 0 aliphatic heterocycles. The molecule has 0 bridgehead atoms. The number of phenolic OH excluding ortho intramolecular Hbond substituents is 1. The van der Waals surface area contributed by atoms with Gasteiger partial charge in [-0.3, -0.25) is 4.79 Å². The van der Waals surface area contributed by atoms with E-state index < -0.39 is 0 Å². The molecule has 0 unspecified atom stereocenters. The van der Waals surface area contributed by atoms with E-state index in [2.05, 4.69) is 10.6 Å². The molecule has 2 aromatic carbocycles. The molecular formula is C16H18N2O2. The third-order valence-electron chi connectivity index (χ3n) is 2.85. The summed E-state index contributed by atoms with van der Waals surface area (Å²) in [6.45, 7) is 2.67. The third-order valence-corrected chi connectivity index (χ3v) is 2.85. The monoisotopic (exact) mass is 270 g/mol. The Labute approximate surface area is 118 Å². The Morgan fingerprint density at radius 3 is 2.50 bits per heavy atom. The van der Waals surface area contributed by atoms with Crippen LogP contribution in [0.25, 0.3) is 0 Å². The molecule has 20 heavy (non-hydrogen) atoms. The molecule has 2 rings (SSSR count). The minimum Gasteiger partial charge on any atom is -0.508 e. The lowest BCUT2D eigenvalue weighted by Crippen LogP contribution is -2.24. The van der Waals surface area contributed by atoms with Crippen molar-refractivity contribution in [2.75, 3.05) is 11.9 Å². The van der Waals surface area contributed by atoms with Gasteiger partial charge in [-0.1, -0.05) is 19.1 Å². The van der Waals surface area contributed by atoms with E-state index in [-0.39, 0.29) is 11.7 Å². The van der Waals surface area contributed by atoms with E-state index in [0.29, 0.717) is 12.1 Å². The molecule has 4 nitrogen and oxygen atoms in total. The quantitative estimate of drug-likeness (QED) is 0.731. The average molecular weight is 270 g/mol. The van der Waals surface area contributed by atoms with Crippen molar-refractivity contribution < 1.29 is 9.90 Å². The predicted octanol–water partition coefficient (Wildman–Crippen LogP) is 3.28. The highest BCUT2D eigenvalue weighted by Crippen LogP contribution is 2.22. The number of hydrogen-bond acceptors (Lipinski definition) is 3. The Kier molecular flexibility index (Phi) is 4.60. The molecule has 0 heterocycles. The number of hydrogen-bond donors (Lipinski definition) is 3. The van der Waals surface area contributed by atoms with Crippen molar-refractivity contribution in [1.82, 2.24) is 5.32 Å². The molecule has 0 aliphatic rings. The first-order chi connectivity index (χ1) is 9.70. The summed E-state index contributed by atoms with van der Waals surface area (Å²) in [5.41, 5.74) is 2.17. The summed E-state index contributed by atoms with van der Waals surface area (Å²) in [6, 6.07) is 14.1. The smallest absolute Gasteiger partial charge is 0.253 e. The van der Waals surface area contributed by atoms with Crippen LogP contribution in [0, 0.1) is 0 Å². The summed E-state index contributed by atoms with van der Waals surface area (Å²) < 4.78 is 0. The normalized spacial score (nSPS) is 10.1. The number of rotatable bonds is 5. The van der Waals surface area contributed by atoms with Crippen LogP contribution in [-0.4, -0.2) is 17.6 Å². The second kappa shape index (κ2) is 6.61. The predicted molar refractivity (Wildman–Crippen MR) is 80.5 cm³/mol. The Bertz CT molecular complexity index is 579. The van der Waals surface area contributed by atoms with Gasteiger partial charge in [0.15, 0.2) is 0 Å². The van der Waals surface area contributed by atoms with E-state index >= 15 is 0 Å². The fraction of sp³-hybridized carbons (Fsp3) is 0.188. The fourth-order valence-corrected chi connectivity index (χ4v) is 1.82. The summed E-state index contributed by atoms with van der Waals surface area (Å²) in [6.07, 6.45) is 0.902. The molecule has 2 aromatic rings. The first-order valence-electron chi connectivity index (χ1n) is 6.64. The van der Waals surface area contributed by atoms with Crippen LogP contribution in [0.2, 0.25) is 0 Å². The summed E-state index contributed by atoms with van der Waals surface area (Å²) in [5, 5.41) is 15.3. The maximum Gasteiger partial charge on any atom is 0.253 e. The first-order valence-corrected chi connectivity index (χ1v) is 6.64. The highest BCUT2D eigenvalue weighted by atomic mass is 16.3. The van der Waals surface area contributed by atoms with E-state index in [9.17, 15) is 9.90 Å². The van der Waals surface area contributed by atoms with Crippen molar-refractivity contribution in [1.29, 1.82) is 0 Å². The number of amides is 1. The van der Waals surface area contributed by atoms with Gasteiger partial charge in [-0.25, -0.2) is 0 Å². The lowest BCUT2D eigenvalue weighted by molar-refractivity contribution is 0.0954. The van der Waals surface area contributed by atoms with Crippen LogP contribution in [-0.2, 0) is 0 Å². The van der Waals surface area contributed by atoms with E-state index in [1.165, 1.54) is 0 Å². The minimum atomic E-state index is -0.0891. The van der Waals surface area contributed by atoms with Crippen molar-refractivity contribution in [2.45, 2.75) is 13.3 Å². The van der Waals surface area contributed by atoms with Gasteiger partial charge < -0.3 is 15.7 Å². The highest BCUT2D eigenvalue weighted by Gasteiger charge is 2.10. The zero-order valence-electron chi connectivity index (χ0n) is 11.4. The third kappa shape index (κ3) is 3.51. The first kappa shape index (κ1) is 13.9.